The molecule has 0 radical (unpaired) electrons. The number of benzene rings is 19. The topological polar surface area (TPSA) is 139 Å². The van der Waals surface area contributed by atoms with Crippen molar-refractivity contribution in [3.05, 3.63) is 552 Å². The molecule has 0 spiro atoms. The zero-order valence-electron chi connectivity index (χ0n) is 77.9. The maximum atomic E-state index is 5.37. The average Bonchev–Trinajstić information content (AvgIpc) is 1.04. The van der Waals surface area contributed by atoms with Gasteiger partial charge in [-0.05, 0) is 163 Å². The van der Waals surface area contributed by atoms with Gasteiger partial charge in [-0.15, -0.1) is 0 Å². The van der Waals surface area contributed by atoms with E-state index in [0.29, 0.717) is 46.6 Å². The SMILES string of the molecule is c1ccc(-c2nc(-c3ccc(-c4cccc5c4c4ccccc4n5-c4ccccc4)cc3)cc(-c3ccc4c(c3)C3c5ccccc5C4c4cc(-c5nc(-c6ccccc6)nc(-c6ccccc6)n5)ccc43)n2)cc1.c1ccc(-c2nc(-c3ccc4c(c3)C3c5ccccc5C4c4cc(-c5nc(-c6ccccc6)nc(-c6ccccc6)n5)ccc43)cc(-c3cccc4c3c3ccccc3n4-c3ccccc3)n2)cc1. The molecule has 6 aliphatic carbocycles. The van der Waals surface area contributed by atoms with Crippen LogP contribution >= 0.6 is 0 Å². The quantitative estimate of drug-likeness (QED) is 0.0975. The van der Waals surface area contributed by atoms with Crippen LogP contribution in [0.3, 0.4) is 0 Å². The summed E-state index contributed by atoms with van der Waals surface area (Å²) in [4.78, 5) is 51.7. The van der Waals surface area contributed by atoms with Crippen LogP contribution < -0.4 is 0 Å². The highest BCUT2D eigenvalue weighted by atomic mass is 15.1. The minimum absolute atomic E-state index is 0.0364. The molecular weight excluding hydrogens is 1750 g/mol. The molecule has 144 heavy (non-hydrogen) atoms. The summed E-state index contributed by atoms with van der Waals surface area (Å²) < 4.78 is 4.73. The standard InChI is InChI=1S/C69H44N6.C63H40N6/c1-5-18-45(19-6-1)66-70-59(44-34-32-43(33-35-44)51-29-17-31-62-65(51)56-28-15-16-30-61(56)75(62)50-24-11-4-12-25-50)42-60(71-66)48-36-38-54-57(40-48)63-52-26-13-14-27-53(52)64(54)58-41-49(37-39-55(58)63)69-73-67(46-20-7-2-8-21-46)72-68(74-69)47-22-9-3-10-23-47;1-5-18-39(19-6-1)60-64-53(38-54(65-60)49-29-17-31-56-59(49)50-28-15-16-30-55(50)69(56)44-24-11-4-12-25-44)42-32-34-47-51(36-42)57-45-26-13-14-27-46(45)58(47)52-37-43(33-35-48(52)57)63-67-61(40-20-7-2-8-21-40)66-62(68-63)41-22-9-3-10-23-41/h1-42,63-64H;1-38,57-58H. The number of hydrogen-bond acceptors (Lipinski definition) is 10. The number of aromatic nitrogens is 12. The fourth-order valence-electron chi connectivity index (χ4n) is 22.8. The minimum Gasteiger partial charge on any atom is -0.309 e. The molecule has 12 heteroatoms. The Morgan fingerprint density at radius 1 is 0.139 bits per heavy atom. The van der Waals surface area contributed by atoms with E-state index in [9.17, 15) is 0 Å². The van der Waals surface area contributed by atoms with Crippen LogP contribution in [0.1, 0.15) is 90.4 Å². The van der Waals surface area contributed by atoms with Crippen LogP contribution in [0.4, 0.5) is 0 Å². The van der Waals surface area contributed by atoms with E-state index in [1.54, 1.807) is 0 Å². The lowest BCUT2D eigenvalue weighted by Crippen LogP contribution is -2.27. The molecule has 6 aromatic heterocycles. The second-order valence-electron chi connectivity index (χ2n) is 37.5. The van der Waals surface area contributed by atoms with E-state index in [1.807, 2.05) is 84.9 Å². The van der Waals surface area contributed by atoms with Gasteiger partial charge >= 0.3 is 0 Å². The van der Waals surface area contributed by atoms with E-state index < -0.39 is 0 Å². The van der Waals surface area contributed by atoms with Gasteiger partial charge in [-0.3, -0.25) is 0 Å². The molecule has 672 valence electrons. The average molecular weight is 1840 g/mol. The summed E-state index contributed by atoms with van der Waals surface area (Å²) in [7, 11) is 0. The Morgan fingerprint density at radius 2 is 0.375 bits per heavy atom. The van der Waals surface area contributed by atoms with Gasteiger partial charge in [-0.2, -0.15) is 0 Å². The van der Waals surface area contributed by atoms with Crippen LogP contribution in [0, 0.1) is 0 Å². The summed E-state index contributed by atoms with van der Waals surface area (Å²) in [6.45, 7) is 0. The van der Waals surface area contributed by atoms with Gasteiger partial charge in [-0.25, -0.2) is 49.8 Å². The summed E-state index contributed by atoms with van der Waals surface area (Å²) in [5.41, 5.74) is 40.5. The molecule has 25 aromatic rings. The lowest BCUT2D eigenvalue weighted by molar-refractivity contribution is 0.754. The van der Waals surface area contributed by atoms with Crippen molar-refractivity contribution in [3.63, 3.8) is 0 Å². The van der Waals surface area contributed by atoms with E-state index in [0.717, 1.165) is 118 Å². The third-order valence-electron chi connectivity index (χ3n) is 29.3. The summed E-state index contributed by atoms with van der Waals surface area (Å²) in [6, 6.07) is 172. The number of rotatable bonds is 15. The molecule has 4 atom stereocenters. The molecule has 4 unspecified atom stereocenters. The van der Waals surface area contributed by atoms with Crippen LogP contribution in [-0.4, -0.2) is 59.0 Å². The smallest absolute Gasteiger partial charge is 0.164 e. The molecule has 4 bridgehead atoms. The predicted molar refractivity (Wildman–Crippen MR) is 580 cm³/mol. The molecule has 6 heterocycles. The third kappa shape index (κ3) is 14.2. The molecule has 19 aromatic carbocycles. The Hall–Kier alpha value is -19.0. The van der Waals surface area contributed by atoms with E-state index in [-0.39, 0.29) is 23.7 Å². The second-order valence-corrected chi connectivity index (χ2v) is 37.5. The Labute approximate surface area is 831 Å². The minimum atomic E-state index is 0.0364. The van der Waals surface area contributed by atoms with Crippen molar-refractivity contribution in [1.82, 2.24) is 59.0 Å². The van der Waals surface area contributed by atoms with Crippen LogP contribution in [0.5, 0.6) is 0 Å². The highest BCUT2D eigenvalue weighted by Crippen LogP contribution is 2.60. The van der Waals surface area contributed by atoms with Gasteiger partial charge in [0.2, 0.25) is 0 Å². The van der Waals surface area contributed by atoms with Gasteiger partial charge in [0.25, 0.3) is 0 Å². The zero-order chi connectivity index (χ0) is 94.8. The normalized spacial score (nSPS) is 14.2. The van der Waals surface area contributed by atoms with Crippen molar-refractivity contribution < 1.29 is 0 Å². The molecule has 0 aliphatic heterocycles. The summed E-state index contributed by atoms with van der Waals surface area (Å²) in [5.74, 6) is 5.46. The molecule has 0 saturated carbocycles. The first-order valence-corrected chi connectivity index (χ1v) is 49.0. The lowest BCUT2D eigenvalue weighted by atomic mass is 9.60. The van der Waals surface area contributed by atoms with Gasteiger partial charge in [0.05, 0.1) is 44.8 Å². The summed E-state index contributed by atoms with van der Waals surface area (Å²) >= 11 is 0. The summed E-state index contributed by atoms with van der Waals surface area (Å²) in [5, 5.41) is 4.82. The first kappa shape index (κ1) is 83.2. The maximum Gasteiger partial charge on any atom is 0.164 e. The van der Waals surface area contributed by atoms with Gasteiger partial charge in [0, 0.05) is 123 Å². The molecular formula is C132H84N12. The van der Waals surface area contributed by atoms with Crippen molar-refractivity contribution in [2.45, 2.75) is 23.7 Å². The highest BCUT2D eigenvalue weighted by Gasteiger charge is 2.44. The van der Waals surface area contributed by atoms with E-state index in [1.165, 1.54) is 105 Å². The number of nitrogens with zero attached hydrogens (tertiary/aromatic N) is 12. The van der Waals surface area contributed by atoms with Gasteiger partial charge in [-0.1, -0.05) is 400 Å². The van der Waals surface area contributed by atoms with Crippen LogP contribution in [-0.2, 0) is 0 Å². The lowest BCUT2D eigenvalue weighted by Gasteiger charge is -2.42. The van der Waals surface area contributed by atoms with Crippen molar-refractivity contribution in [2.75, 3.05) is 0 Å². The van der Waals surface area contributed by atoms with Crippen molar-refractivity contribution in [1.29, 1.82) is 0 Å². The molecule has 0 amide bonds. The van der Waals surface area contributed by atoms with Crippen LogP contribution in [0.2, 0.25) is 0 Å². The molecule has 0 N–H and O–H groups in total. The number of para-hydroxylation sites is 4. The predicted octanol–water partition coefficient (Wildman–Crippen LogP) is 31.2. The Bertz CT molecular complexity index is 9270. The fraction of sp³-hybridized carbons (Fsp3) is 0.0303. The number of fused-ring (bicyclic) bond motifs is 6. The second kappa shape index (κ2) is 34.5. The highest BCUT2D eigenvalue weighted by molar-refractivity contribution is 6.17. The largest absolute Gasteiger partial charge is 0.309 e. The molecule has 31 rings (SSSR count). The molecule has 6 aliphatic rings. The van der Waals surface area contributed by atoms with Crippen molar-refractivity contribution in [2.24, 2.45) is 0 Å². The van der Waals surface area contributed by atoms with E-state index in [4.69, 9.17) is 49.8 Å². The Morgan fingerprint density at radius 3 is 0.729 bits per heavy atom. The zero-order valence-corrected chi connectivity index (χ0v) is 77.9. The van der Waals surface area contributed by atoms with Gasteiger partial charge in [0.1, 0.15) is 0 Å². The third-order valence-corrected chi connectivity index (χ3v) is 29.3. The molecule has 12 nitrogen and oxygen atoms in total. The maximum absolute atomic E-state index is 5.37. The molecule has 0 saturated heterocycles. The Kier molecular flexibility index (Phi) is 19.9. The fourth-order valence-corrected chi connectivity index (χ4v) is 22.8. The summed E-state index contributed by atoms with van der Waals surface area (Å²) in [6.07, 6.45) is 0. The number of hydrogen-bond donors (Lipinski definition) is 0. The van der Waals surface area contributed by atoms with E-state index in [2.05, 4.69) is 410 Å². The van der Waals surface area contributed by atoms with Crippen molar-refractivity contribution >= 4 is 43.6 Å². The first-order chi connectivity index (χ1) is 71.4. The van der Waals surface area contributed by atoms with Gasteiger partial charge < -0.3 is 9.13 Å². The monoisotopic (exact) mass is 1840 g/mol. The first-order valence-electron chi connectivity index (χ1n) is 49.0. The molecule has 0 fully saturated rings. The van der Waals surface area contributed by atoms with Crippen molar-refractivity contribution in [3.8, 4) is 159 Å². The van der Waals surface area contributed by atoms with Crippen LogP contribution in [0.15, 0.2) is 485 Å². The van der Waals surface area contributed by atoms with Crippen LogP contribution in [0.25, 0.3) is 202 Å². The van der Waals surface area contributed by atoms with E-state index >= 15 is 0 Å². The Balaban J connectivity index is 0.000000141. The van der Waals surface area contributed by atoms with Gasteiger partial charge in [0.15, 0.2) is 46.6 Å².